The molecule has 0 bridgehead atoms. The van der Waals surface area contributed by atoms with E-state index in [-0.39, 0.29) is 5.91 Å². The smallest absolute Gasteiger partial charge is 0.263 e. The zero-order valence-corrected chi connectivity index (χ0v) is 20.4. The zero-order valence-electron chi connectivity index (χ0n) is 19.6. The van der Waals surface area contributed by atoms with Crippen molar-refractivity contribution in [3.8, 4) is 28.0 Å². The number of hydrogen-bond donors (Lipinski definition) is 0. The fourth-order valence-corrected chi connectivity index (χ4v) is 5.18. The lowest BCUT2D eigenvalue weighted by Gasteiger charge is -2.26. The molecule has 1 fully saturated rings. The number of rotatable bonds is 7. The van der Waals surface area contributed by atoms with E-state index in [9.17, 15) is 4.79 Å². The van der Waals surface area contributed by atoms with Gasteiger partial charge in [-0.15, -0.1) is 11.3 Å². The molecule has 4 aromatic rings. The second-order valence-corrected chi connectivity index (χ2v) is 9.75. The Balaban J connectivity index is 1.27. The predicted octanol–water partition coefficient (Wildman–Crippen LogP) is 4.69. The molecule has 0 spiro atoms. The molecule has 0 aliphatic carbocycles. The zero-order chi connectivity index (χ0) is 23.5. The van der Waals surface area contributed by atoms with Crippen molar-refractivity contribution in [2.45, 2.75) is 19.3 Å². The van der Waals surface area contributed by atoms with Crippen molar-refractivity contribution < 1.29 is 9.53 Å². The highest BCUT2D eigenvalue weighted by Gasteiger charge is 2.15. The Bertz CT molecular complexity index is 1270. The van der Waals surface area contributed by atoms with Crippen molar-refractivity contribution in [3.05, 3.63) is 59.2 Å². The van der Waals surface area contributed by atoms with Gasteiger partial charge in [-0.2, -0.15) is 5.10 Å². The number of ether oxygens (including phenoxy) is 1. The van der Waals surface area contributed by atoms with E-state index >= 15 is 0 Å². The number of likely N-dealkylation sites (tertiary alicyclic amines) is 1. The maximum absolute atomic E-state index is 12.2. The number of piperidine rings is 1. The molecule has 7 nitrogen and oxygen atoms in total. The second-order valence-electron chi connectivity index (χ2n) is 8.84. The Labute approximate surface area is 203 Å². The summed E-state index contributed by atoms with van der Waals surface area (Å²) in [5.74, 6) is 0.888. The van der Waals surface area contributed by atoms with Gasteiger partial charge in [0.2, 0.25) is 0 Å². The van der Waals surface area contributed by atoms with E-state index in [2.05, 4.69) is 27.1 Å². The van der Waals surface area contributed by atoms with Gasteiger partial charge in [-0.3, -0.25) is 9.69 Å². The first-order valence-corrected chi connectivity index (χ1v) is 12.6. The van der Waals surface area contributed by atoms with Crippen molar-refractivity contribution in [2.24, 2.45) is 0 Å². The minimum atomic E-state index is 0.00175. The van der Waals surface area contributed by atoms with Crippen LogP contribution in [0.5, 0.6) is 5.75 Å². The SMILES string of the molecule is CN(C)C(=O)c1cc(-c2cnn3cc(-c4ccc(OCCN5CCCCC5)cc4)cnc23)cs1. The molecule has 176 valence electrons. The average Bonchev–Trinajstić information content (AvgIpc) is 3.51. The average molecular weight is 476 g/mol. The number of hydrogen-bond acceptors (Lipinski definition) is 6. The molecule has 0 saturated carbocycles. The fraction of sp³-hybridized carbons (Fsp3) is 0.346. The van der Waals surface area contributed by atoms with Crippen LogP contribution < -0.4 is 4.74 Å². The monoisotopic (exact) mass is 475 g/mol. The maximum atomic E-state index is 12.2. The number of thiophene rings is 1. The Hall–Kier alpha value is -3.23. The summed E-state index contributed by atoms with van der Waals surface area (Å²) in [6, 6.07) is 10.0. The summed E-state index contributed by atoms with van der Waals surface area (Å²) in [4.78, 5) is 21.7. The Morgan fingerprint density at radius 2 is 1.85 bits per heavy atom. The Kier molecular flexibility index (Phi) is 6.60. The molecule has 1 aliphatic heterocycles. The van der Waals surface area contributed by atoms with Crippen LogP contribution in [0.3, 0.4) is 0 Å². The van der Waals surface area contributed by atoms with E-state index < -0.39 is 0 Å². The molecule has 8 heteroatoms. The minimum absolute atomic E-state index is 0.00175. The van der Waals surface area contributed by atoms with Crippen LogP contribution in [0.2, 0.25) is 0 Å². The summed E-state index contributed by atoms with van der Waals surface area (Å²) in [7, 11) is 3.52. The lowest BCUT2D eigenvalue weighted by atomic mass is 10.1. The third kappa shape index (κ3) is 4.83. The van der Waals surface area contributed by atoms with E-state index in [1.807, 2.05) is 36.0 Å². The molecule has 1 amide bonds. The molecule has 4 heterocycles. The quantitative estimate of drug-likeness (QED) is 0.388. The van der Waals surface area contributed by atoms with Crippen LogP contribution >= 0.6 is 11.3 Å². The summed E-state index contributed by atoms with van der Waals surface area (Å²) in [5, 5.41) is 6.49. The van der Waals surface area contributed by atoms with Gasteiger partial charge in [0, 0.05) is 44.2 Å². The second kappa shape index (κ2) is 9.95. The number of amides is 1. The topological polar surface area (TPSA) is 63.0 Å². The molecule has 3 aromatic heterocycles. The van der Waals surface area contributed by atoms with Crippen molar-refractivity contribution in [3.63, 3.8) is 0 Å². The van der Waals surface area contributed by atoms with Crippen molar-refractivity contribution >= 4 is 22.9 Å². The van der Waals surface area contributed by atoms with Gasteiger partial charge in [-0.1, -0.05) is 18.6 Å². The van der Waals surface area contributed by atoms with Crippen LogP contribution in [0.4, 0.5) is 0 Å². The van der Waals surface area contributed by atoms with Gasteiger partial charge in [0.15, 0.2) is 5.65 Å². The first-order chi connectivity index (χ1) is 16.6. The van der Waals surface area contributed by atoms with Gasteiger partial charge < -0.3 is 9.64 Å². The summed E-state index contributed by atoms with van der Waals surface area (Å²) in [6.45, 7) is 4.08. The van der Waals surface area contributed by atoms with Crippen LogP contribution in [0.1, 0.15) is 28.9 Å². The first kappa shape index (κ1) is 22.6. The maximum Gasteiger partial charge on any atom is 0.263 e. The molecule has 0 unspecified atom stereocenters. The highest BCUT2D eigenvalue weighted by atomic mass is 32.1. The van der Waals surface area contributed by atoms with Gasteiger partial charge in [0.1, 0.15) is 12.4 Å². The third-order valence-electron chi connectivity index (χ3n) is 6.20. The van der Waals surface area contributed by atoms with E-state index in [0.29, 0.717) is 11.5 Å². The molecule has 34 heavy (non-hydrogen) atoms. The van der Waals surface area contributed by atoms with Crippen molar-refractivity contribution in [2.75, 3.05) is 40.3 Å². The molecule has 0 atom stereocenters. The summed E-state index contributed by atoms with van der Waals surface area (Å²) < 4.78 is 7.75. The van der Waals surface area contributed by atoms with Gasteiger partial charge in [-0.25, -0.2) is 9.50 Å². The van der Waals surface area contributed by atoms with Crippen LogP contribution in [0.25, 0.3) is 27.9 Å². The fourth-order valence-electron chi connectivity index (χ4n) is 4.26. The minimum Gasteiger partial charge on any atom is -0.492 e. The third-order valence-corrected chi connectivity index (χ3v) is 7.11. The predicted molar refractivity (Wildman–Crippen MR) is 136 cm³/mol. The van der Waals surface area contributed by atoms with Crippen LogP contribution in [-0.4, -0.2) is 70.6 Å². The highest BCUT2D eigenvalue weighted by Crippen LogP contribution is 2.30. The Morgan fingerprint density at radius 3 is 2.62 bits per heavy atom. The highest BCUT2D eigenvalue weighted by molar-refractivity contribution is 7.12. The van der Waals surface area contributed by atoms with Crippen LogP contribution in [0, 0.1) is 0 Å². The molecule has 1 saturated heterocycles. The number of nitrogens with zero attached hydrogens (tertiary/aromatic N) is 5. The van der Waals surface area contributed by atoms with E-state index in [1.54, 1.807) is 29.7 Å². The molecular weight excluding hydrogens is 446 g/mol. The molecule has 0 radical (unpaired) electrons. The lowest BCUT2D eigenvalue weighted by Crippen LogP contribution is -2.33. The number of aromatic nitrogens is 3. The van der Waals surface area contributed by atoms with Crippen LogP contribution in [0.15, 0.2) is 54.3 Å². The standard InChI is InChI=1S/C26H29N5O2S/c1-29(2)26(32)24-14-20(18-34-24)23-16-28-31-17-21(15-27-25(23)31)19-6-8-22(9-7-19)33-13-12-30-10-4-3-5-11-30/h6-9,14-18H,3-5,10-13H2,1-2H3. The lowest BCUT2D eigenvalue weighted by molar-refractivity contribution is 0.0832. The number of fused-ring (bicyclic) bond motifs is 1. The summed E-state index contributed by atoms with van der Waals surface area (Å²) >= 11 is 1.44. The van der Waals surface area contributed by atoms with Crippen LogP contribution in [-0.2, 0) is 0 Å². The van der Waals surface area contributed by atoms with E-state index in [1.165, 1.54) is 43.7 Å². The molecule has 5 rings (SSSR count). The normalized spacial score (nSPS) is 14.4. The largest absolute Gasteiger partial charge is 0.492 e. The molecule has 1 aromatic carbocycles. The molecular formula is C26H29N5O2S. The van der Waals surface area contributed by atoms with Crippen molar-refractivity contribution in [1.82, 2.24) is 24.4 Å². The summed E-state index contributed by atoms with van der Waals surface area (Å²) in [6.07, 6.45) is 9.61. The first-order valence-electron chi connectivity index (χ1n) is 11.7. The molecule has 1 aliphatic rings. The van der Waals surface area contributed by atoms with Gasteiger partial charge in [-0.05, 0) is 60.6 Å². The summed E-state index contributed by atoms with van der Waals surface area (Å²) in [5.41, 5.74) is 4.68. The number of carbonyl (C=O) groups is 1. The van der Waals surface area contributed by atoms with Gasteiger partial charge in [0.25, 0.3) is 5.91 Å². The van der Waals surface area contributed by atoms with Crippen molar-refractivity contribution in [1.29, 1.82) is 0 Å². The number of carbonyl (C=O) groups excluding carboxylic acids is 1. The molecule has 0 N–H and O–H groups in total. The Morgan fingerprint density at radius 1 is 1.06 bits per heavy atom. The van der Waals surface area contributed by atoms with E-state index in [0.717, 1.165) is 40.2 Å². The van der Waals surface area contributed by atoms with Gasteiger partial charge >= 0.3 is 0 Å². The van der Waals surface area contributed by atoms with Gasteiger partial charge in [0.05, 0.1) is 11.1 Å². The van der Waals surface area contributed by atoms with E-state index in [4.69, 9.17) is 4.74 Å². The number of benzene rings is 1.